The van der Waals surface area contributed by atoms with Crippen LogP contribution < -0.4 is 0 Å². The smallest absolute Gasteiger partial charge is 0.239 e. The number of likely N-dealkylation sites (tertiary alicyclic amines) is 1. The van der Waals surface area contributed by atoms with E-state index in [4.69, 9.17) is 14.8 Å². The molecule has 19 heavy (non-hydrogen) atoms. The number of hydrogen-bond acceptors (Lipinski definition) is 6. The molecule has 0 saturated carbocycles. The number of amides is 2. The third-order valence-electron chi connectivity index (χ3n) is 3.42. The summed E-state index contributed by atoms with van der Waals surface area (Å²) in [6.07, 6.45) is 6.66. The average molecular weight is 266 g/mol. The third kappa shape index (κ3) is 2.00. The molecule has 7 heteroatoms. The van der Waals surface area contributed by atoms with Crippen LogP contribution in [0.4, 0.5) is 0 Å². The molecule has 1 aliphatic carbocycles. The first kappa shape index (κ1) is 12.5. The van der Waals surface area contributed by atoms with E-state index in [1.54, 1.807) is 24.3 Å². The van der Waals surface area contributed by atoms with Gasteiger partial charge in [0.05, 0.1) is 18.4 Å². The maximum atomic E-state index is 12.3. The average Bonchev–Trinajstić information content (AvgIpc) is 2.72. The molecular formula is C12H14N2O5. The molecule has 7 nitrogen and oxygen atoms in total. The summed E-state index contributed by atoms with van der Waals surface area (Å²) in [6, 6.07) is 0. The Morgan fingerprint density at radius 2 is 1.84 bits per heavy atom. The second-order valence-electron chi connectivity index (χ2n) is 4.52. The number of aliphatic hydroxyl groups excluding tert-OH is 1. The van der Waals surface area contributed by atoms with Gasteiger partial charge in [0, 0.05) is 6.42 Å². The van der Waals surface area contributed by atoms with E-state index in [1.807, 2.05) is 0 Å². The van der Waals surface area contributed by atoms with Gasteiger partial charge in [-0.15, -0.1) is 0 Å². The second kappa shape index (κ2) is 4.86. The third-order valence-corrected chi connectivity index (χ3v) is 3.42. The van der Waals surface area contributed by atoms with Gasteiger partial charge in [-0.25, -0.2) is 4.84 Å². The zero-order valence-corrected chi connectivity index (χ0v) is 10.1. The summed E-state index contributed by atoms with van der Waals surface area (Å²) in [6.45, 7) is -0.178. The lowest BCUT2D eigenvalue weighted by Gasteiger charge is -2.34. The lowest BCUT2D eigenvalue weighted by Crippen LogP contribution is -2.49. The molecule has 0 spiro atoms. The highest BCUT2D eigenvalue weighted by molar-refractivity contribution is 6.07. The Labute approximate surface area is 109 Å². The minimum absolute atomic E-state index is 0.264. The van der Waals surface area contributed by atoms with Gasteiger partial charge in [-0.05, 0) is 5.23 Å². The van der Waals surface area contributed by atoms with Crippen molar-refractivity contribution in [2.24, 2.45) is 11.8 Å². The van der Waals surface area contributed by atoms with Gasteiger partial charge in [0.2, 0.25) is 11.8 Å². The van der Waals surface area contributed by atoms with Crippen LogP contribution in [0, 0.1) is 11.8 Å². The Balaban J connectivity index is 1.81. The molecule has 1 N–H and O–H groups in total. The Bertz CT molecular complexity index is 431. The van der Waals surface area contributed by atoms with Crippen molar-refractivity contribution in [3.8, 4) is 0 Å². The van der Waals surface area contributed by atoms with E-state index in [0.29, 0.717) is 6.42 Å². The molecule has 3 rings (SSSR count). The second-order valence-corrected chi connectivity index (χ2v) is 4.52. The molecule has 102 valence electrons. The van der Waals surface area contributed by atoms with E-state index in [0.717, 1.165) is 10.1 Å². The highest BCUT2D eigenvalue weighted by Gasteiger charge is 2.49. The summed E-state index contributed by atoms with van der Waals surface area (Å²) >= 11 is 0. The van der Waals surface area contributed by atoms with Crippen molar-refractivity contribution in [2.75, 3.05) is 13.3 Å². The van der Waals surface area contributed by atoms with E-state index in [9.17, 15) is 9.59 Å². The van der Waals surface area contributed by atoms with Crippen molar-refractivity contribution in [3.63, 3.8) is 0 Å². The number of imide groups is 1. The lowest BCUT2D eigenvalue weighted by molar-refractivity contribution is -0.442. The van der Waals surface area contributed by atoms with Crippen LogP contribution >= 0.6 is 0 Å². The number of hydrogen-bond donors (Lipinski definition) is 1. The summed E-state index contributed by atoms with van der Waals surface area (Å²) in [5.41, 5.74) is 0. The molecule has 2 heterocycles. The quantitative estimate of drug-likeness (QED) is 0.682. The van der Waals surface area contributed by atoms with Crippen molar-refractivity contribution < 1.29 is 24.4 Å². The van der Waals surface area contributed by atoms with E-state index < -0.39 is 24.8 Å². The van der Waals surface area contributed by atoms with Gasteiger partial charge in [-0.1, -0.05) is 24.3 Å². The molecule has 0 aromatic heterocycles. The predicted molar refractivity (Wildman–Crippen MR) is 61.5 cm³/mol. The Hall–Kier alpha value is -1.54. The molecule has 0 aromatic carbocycles. The van der Waals surface area contributed by atoms with Gasteiger partial charge < -0.3 is 5.11 Å². The standard InChI is InChI=1S/C12H14N2O5/c15-7-13-18-6-5-10(19-13)14-11(16)8-3-1-2-4-9(8)12(14)17/h1-4,8-10,15H,5-7H2. The molecule has 2 amide bonds. The topological polar surface area (TPSA) is 79.3 Å². The number of carbonyl (C=O) groups excluding carboxylic acids is 2. The maximum absolute atomic E-state index is 12.3. The lowest BCUT2D eigenvalue weighted by atomic mass is 9.91. The van der Waals surface area contributed by atoms with Crippen LogP contribution in [-0.4, -0.2) is 46.6 Å². The van der Waals surface area contributed by atoms with Crippen LogP contribution in [0.25, 0.3) is 0 Å². The van der Waals surface area contributed by atoms with Crippen LogP contribution in [0.2, 0.25) is 0 Å². The highest BCUT2D eigenvalue weighted by Crippen LogP contribution is 2.34. The molecule has 3 aliphatic rings. The molecule has 0 bridgehead atoms. The first-order valence-electron chi connectivity index (χ1n) is 6.12. The van der Waals surface area contributed by atoms with Crippen LogP contribution in [0.5, 0.6) is 0 Å². The van der Waals surface area contributed by atoms with Crippen LogP contribution in [0.1, 0.15) is 6.42 Å². The number of carbonyl (C=O) groups is 2. The van der Waals surface area contributed by atoms with E-state index in [2.05, 4.69) is 0 Å². The number of rotatable bonds is 2. The van der Waals surface area contributed by atoms with Crippen LogP contribution in [0.3, 0.4) is 0 Å². The molecule has 0 radical (unpaired) electrons. The fraction of sp³-hybridized carbons (Fsp3) is 0.500. The van der Waals surface area contributed by atoms with Gasteiger partial charge in [-0.3, -0.25) is 19.3 Å². The van der Waals surface area contributed by atoms with Crippen molar-refractivity contribution in [3.05, 3.63) is 24.3 Å². The van der Waals surface area contributed by atoms with Crippen molar-refractivity contribution in [1.82, 2.24) is 10.1 Å². The highest BCUT2D eigenvalue weighted by atomic mass is 17.0. The molecule has 2 aliphatic heterocycles. The molecule has 2 fully saturated rings. The van der Waals surface area contributed by atoms with E-state index >= 15 is 0 Å². The van der Waals surface area contributed by atoms with Crippen molar-refractivity contribution >= 4 is 11.8 Å². The monoisotopic (exact) mass is 266 g/mol. The van der Waals surface area contributed by atoms with Gasteiger partial charge in [-0.2, -0.15) is 0 Å². The number of fused-ring (bicyclic) bond motifs is 1. The largest absolute Gasteiger partial charge is 0.376 e. The Morgan fingerprint density at radius 1 is 1.21 bits per heavy atom. The first-order valence-corrected chi connectivity index (χ1v) is 6.12. The molecule has 3 atom stereocenters. The number of nitrogens with zero attached hydrogens (tertiary/aromatic N) is 2. The Kier molecular flexibility index (Phi) is 3.19. The van der Waals surface area contributed by atoms with Gasteiger partial charge in [0.15, 0.2) is 6.23 Å². The van der Waals surface area contributed by atoms with Gasteiger partial charge in [0.25, 0.3) is 0 Å². The van der Waals surface area contributed by atoms with E-state index in [-0.39, 0.29) is 18.4 Å². The summed E-state index contributed by atoms with van der Waals surface area (Å²) in [5, 5.41) is 9.83. The molecule has 0 aromatic rings. The van der Waals surface area contributed by atoms with Crippen LogP contribution in [-0.2, 0) is 19.3 Å². The number of allylic oxidation sites excluding steroid dienone is 2. The minimum Gasteiger partial charge on any atom is -0.376 e. The maximum Gasteiger partial charge on any atom is 0.239 e. The molecule has 2 saturated heterocycles. The fourth-order valence-electron chi connectivity index (χ4n) is 2.52. The zero-order chi connectivity index (χ0) is 13.4. The van der Waals surface area contributed by atoms with E-state index in [1.165, 1.54) is 0 Å². The number of hydroxylamine groups is 2. The Morgan fingerprint density at radius 3 is 2.42 bits per heavy atom. The fourth-order valence-corrected chi connectivity index (χ4v) is 2.52. The van der Waals surface area contributed by atoms with Crippen LogP contribution in [0.15, 0.2) is 24.3 Å². The minimum atomic E-state index is -0.715. The number of aliphatic hydroxyl groups is 1. The van der Waals surface area contributed by atoms with Crippen molar-refractivity contribution in [2.45, 2.75) is 12.6 Å². The summed E-state index contributed by atoms with van der Waals surface area (Å²) < 4.78 is 0. The SMILES string of the molecule is O=C1C2C=CC=CC2C(=O)N1C1CCON(CO)O1. The predicted octanol–water partition coefficient (Wildman–Crippen LogP) is -0.442. The summed E-state index contributed by atoms with van der Waals surface area (Å²) in [4.78, 5) is 35.9. The van der Waals surface area contributed by atoms with Gasteiger partial charge >= 0.3 is 0 Å². The molecular weight excluding hydrogens is 252 g/mol. The summed E-state index contributed by atoms with van der Waals surface area (Å²) in [7, 11) is 0. The molecule has 3 unspecified atom stereocenters. The normalized spacial score (nSPS) is 35.0. The first-order chi connectivity index (χ1) is 9.22. The zero-order valence-electron chi connectivity index (χ0n) is 10.1. The summed E-state index contributed by atoms with van der Waals surface area (Å²) in [5.74, 6) is -1.40. The van der Waals surface area contributed by atoms with Crippen molar-refractivity contribution in [1.29, 1.82) is 0 Å². The van der Waals surface area contributed by atoms with Gasteiger partial charge in [0.1, 0.15) is 6.73 Å².